The van der Waals surface area contributed by atoms with E-state index in [-0.39, 0.29) is 11.8 Å². The van der Waals surface area contributed by atoms with Crippen LogP contribution >= 0.6 is 0 Å². The third-order valence-electron chi connectivity index (χ3n) is 3.63. The summed E-state index contributed by atoms with van der Waals surface area (Å²) in [6, 6.07) is 7.78. The van der Waals surface area contributed by atoms with Gasteiger partial charge in [-0.05, 0) is 35.2 Å². The van der Waals surface area contributed by atoms with Crippen LogP contribution in [0.2, 0.25) is 0 Å². The Morgan fingerprint density at radius 1 is 1.00 bits per heavy atom. The SMILES string of the molecule is CCc1c(C)c2c(c3ccccc13)C(=O)NC2=O. The first kappa shape index (κ1) is 11.0. The van der Waals surface area contributed by atoms with Gasteiger partial charge in [0, 0.05) is 0 Å². The summed E-state index contributed by atoms with van der Waals surface area (Å²) in [5.74, 6) is -0.551. The van der Waals surface area contributed by atoms with Crippen molar-refractivity contribution in [3.63, 3.8) is 0 Å². The van der Waals surface area contributed by atoms with E-state index in [2.05, 4.69) is 12.2 Å². The topological polar surface area (TPSA) is 46.2 Å². The zero-order chi connectivity index (χ0) is 12.9. The predicted molar refractivity (Wildman–Crippen MR) is 69.9 cm³/mol. The highest BCUT2D eigenvalue weighted by Gasteiger charge is 2.31. The number of amides is 2. The average molecular weight is 239 g/mol. The fourth-order valence-electron chi connectivity index (χ4n) is 2.84. The van der Waals surface area contributed by atoms with Gasteiger partial charge in [-0.2, -0.15) is 0 Å². The molecule has 3 heteroatoms. The molecule has 0 bridgehead atoms. The summed E-state index contributed by atoms with van der Waals surface area (Å²) in [7, 11) is 0. The minimum absolute atomic E-state index is 0.270. The number of fused-ring (bicyclic) bond motifs is 3. The molecule has 0 atom stereocenters. The Kier molecular flexibility index (Phi) is 2.23. The lowest BCUT2D eigenvalue weighted by Crippen LogP contribution is -2.20. The second-order valence-electron chi connectivity index (χ2n) is 4.54. The van der Waals surface area contributed by atoms with Crippen LogP contribution in [0, 0.1) is 6.92 Å². The van der Waals surface area contributed by atoms with Gasteiger partial charge in [-0.25, -0.2) is 0 Å². The van der Waals surface area contributed by atoms with E-state index in [9.17, 15) is 9.59 Å². The van der Waals surface area contributed by atoms with Gasteiger partial charge in [0.1, 0.15) is 0 Å². The van der Waals surface area contributed by atoms with Gasteiger partial charge in [-0.1, -0.05) is 31.2 Å². The monoisotopic (exact) mass is 239 g/mol. The highest BCUT2D eigenvalue weighted by molar-refractivity contribution is 6.27. The summed E-state index contributed by atoms with van der Waals surface area (Å²) in [4.78, 5) is 23.8. The first-order valence-electron chi connectivity index (χ1n) is 6.05. The molecule has 0 radical (unpaired) electrons. The summed E-state index contributed by atoms with van der Waals surface area (Å²) in [5.41, 5.74) is 3.16. The van der Waals surface area contributed by atoms with E-state index >= 15 is 0 Å². The zero-order valence-electron chi connectivity index (χ0n) is 10.3. The maximum Gasteiger partial charge on any atom is 0.259 e. The molecule has 0 aliphatic carbocycles. The molecule has 0 aromatic heterocycles. The normalized spacial score (nSPS) is 13.9. The molecule has 0 saturated carbocycles. The lowest BCUT2D eigenvalue weighted by Gasteiger charge is -2.12. The first-order chi connectivity index (χ1) is 8.65. The van der Waals surface area contributed by atoms with Crippen molar-refractivity contribution >= 4 is 22.6 Å². The van der Waals surface area contributed by atoms with Gasteiger partial charge >= 0.3 is 0 Å². The number of benzene rings is 2. The van der Waals surface area contributed by atoms with Crippen molar-refractivity contribution in [1.29, 1.82) is 0 Å². The molecule has 0 unspecified atom stereocenters. The molecule has 18 heavy (non-hydrogen) atoms. The standard InChI is InChI=1S/C15H13NO2/c1-3-9-8(2)12-13(15(18)16-14(12)17)11-7-5-4-6-10(9)11/h4-7H,3H2,1-2H3,(H,16,17,18). The number of rotatable bonds is 1. The molecule has 2 aromatic carbocycles. The third kappa shape index (κ3) is 1.24. The molecule has 1 heterocycles. The Hall–Kier alpha value is -2.16. The van der Waals surface area contributed by atoms with Gasteiger partial charge in [0.05, 0.1) is 11.1 Å². The average Bonchev–Trinajstić information content (AvgIpc) is 2.66. The smallest absolute Gasteiger partial charge is 0.259 e. The predicted octanol–water partition coefficient (Wildman–Crippen LogP) is 2.59. The van der Waals surface area contributed by atoms with Crippen molar-refractivity contribution in [2.24, 2.45) is 0 Å². The molecule has 2 aromatic rings. The summed E-state index contributed by atoms with van der Waals surface area (Å²) in [5, 5.41) is 4.33. The van der Waals surface area contributed by atoms with E-state index in [1.165, 1.54) is 0 Å². The fourth-order valence-corrected chi connectivity index (χ4v) is 2.84. The van der Waals surface area contributed by atoms with E-state index in [1.54, 1.807) is 0 Å². The van der Waals surface area contributed by atoms with E-state index in [0.29, 0.717) is 11.1 Å². The zero-order valence-corrected chi connectivity index (χ0v) is 10.3. The number of hydrogen-bond acceptors (Lipinski definition) is 2. The maximum atomic E-state index is 11.9. The van der Waals surface area contributed by atoms with Crippen molar-refractivity contribution in [2.45, 2.75) is 20.3 Å². The van der Waals surface area contributed by atoms with E-state index < -0.39 is 0 Å². The van der Waals surface area contributed by atoms with Crippen LogP contribution < -0.4 is 5.32 Å². The molecule has 3 nitrogen and oxygen atoms in total. The molecule has 0 spiro atoms. The van der Waals surface area contributed by atoms with Gasteiger partial charge in [0.2, 0.25) is 0 Å². The second kappa shape index (κ2) is 3.67. The highest BCUT2D eigenvalue weighted by atomic mass is 16.2. The minimum atomic E-state index is -0.281. The molecule has 3 rings (SSSR count). The van der Waals surface area contributed by atoms with Crippen LogP contribution in [0.3, 0.4) is 0 Å². The summed E-state index contributed by atoms with van der Waals surface area (Å²) in [6.45, 7) is 3.98. The van der Waals surface area contributed by atoms with Crippen LogP contribution in [0.15, 0.2) is 24.3 Å². The highest BCUT2D eigenvalue weighted by Crippen LogP contribution is 2.33. The van der Waals surface area contributed by atoms with E-state index in [0.717, 1.165) is 28.3 Å². The molecule has 0 saturated heterocycles. The van der Waals surface area contributed by atoms with Gasteiger partial charge in [-0.15, -0.1) is 0 Å². The quantitative estimate of drug-likeness (QED) is 0.777. The Bertz CT molecular complexity index is 701. The van der Waals surface area contributed by atoms with Gasteiger partial charge in [-0.3, -0.25) is 14.9 Å². The lowest BCUT2D eigenvalue weighted by atomic mass is 9.89. The van der Waals surface area contributed by atoms with E-state index in [1.807, 2.05) is 31.2 Å². The molecule has 1 N–H and O–H groups in total. The largest absolute Gasteiger partial charge is 0.288 e. The Labute approximate surface area is 105 Å². The van der Waals surface area contributed by atoms with Crippen molar-refractivity contribution < 1.29 is 9.59 Å². The third-order valence-corrected chi connectivity index (χ3v) is 3.63. The first-order valence-corrected chi connectivity index (χ1v) is 6.05. The molecule has 1 aliphatic rings. The van der Waals surface area contributed by atoms with Crippen molar-refractivity contribution in [2.75, 3.05) is 0 Å². The summed E-state index contributed by atoms with van der Waals surface area (Å²) < 4.78 is 0. The minimum Gasteiger partial charge on any atom is -0.288 e. The lowest BCUT2D eigenvalue weighted by molar-refractivity contribution is 0.0880. The summed E-state index contributed by atoms with van der Waals surface area (Å²) >= 11 is 0. The van der Waals surface area contributed by atoms with Gasteiger partial charge < -0.3 is 0 Å². The van der Waals surface area contributed by atoms with Gasteiger partial charge in [0.25, 0.3) is 11.8 Å². The van der Waals surface area contributed by atoms with Crippen LogP contribution in [0.4, 0.5) is 0 Å². The Morgan fingerprint density at radius 3 is 2.28 bits per heavy atom. The van der Waals surface area contributed by atoms with Crippen molar-refractivity contribution in [3.8, 4) is 0 Å². The Balaban J connectivity index is 2.57. The second-order valence-corrected chi connectivity index (χ2v) is 4.54. The van der Waals surface area contributed by atoms with Crippen molar-refractivity contribution in [3.05, 3.63) is 46.5 Å². The number of carbonyl (C=O) groups excluding carboxylic acids is 2. The van der Waals surface area contributed by atoms with Crippen LogP contribution in [-0.4, -0.2) is 11.8 Å². The van der Waals surface area contributed by atoms with Crippen molar-refractivity contribution in [1.82, 2.24) is 5.32 Å². The van der Waals surface area contributed by atoms with Crippen LogP contribution in [-0.2, 0) is 6.42 Å². The van der Waals surface area contributed by atoms with Crippen LogP contribution in [0.5, 0.6) is 0 Å². The number of nitrogens with one attached hydrogen (secondary N) is 1. The molecular weight excluding hydrogens is 226 g/mol. The molecule has 90 valence electrons. The van der Waals surface area contributed by atoms with Gasteiger partial charge in [0.15, 0.2) is 0 Å². The number of aryl methyl sites for hydroxylation is 1. The fraction of sp³-hybridized carbons (Fsp3) is 0.200. The molecule has 1 aliphatic heterocycles. The summed E-state index contributed by atoms with van der Waals surface area (Å²) in [6.07, 6.45) is 0.848. The van der Waals surface area contributed by atoms with Crippen LogP contribution in [0.25, 0.3) is 10.8 Å². The molecular formula is C15H13NO2. The Morgan fingerprint density at radius 2 is 1.61 bits per heavy atom. The number of hydrogen-bond donors (Lipinski definition) is 1. The maximum absolute atomic E-state index is 11.9. The number of imide groups is 1. The number of carbonyl (C=O) groups is 2. The molecule has 0 fully saturated rings. The molecule has 2 amide bonds. The van der Waals surface area contributed by atoms with E-state index in [4.69, 9.17) is 0 Å². The van der Waals surface area contributed by atoms with Crippen LogP contribution in [0.1, 0.15) is 38.8 Å².